The van der Waals surface area contributed by atoms with Gasteiger partial charge >= 0.3 is 0 Å². The van der Waals surface area contributed by atoms with Crippen molar-refractivity contribution < 1.29 is 4.39 Å². The van der Waals surface area contributed by atoms with Crippen molar-refractivity contribution in [3.05, 3.63) is 36.4 Å². The molecule has 0 bridgehead atoms. The molecule has 6 heteroatoms. The Morgan fingerprint density at radius 2 is 2.06 bits per heavy atom. The lowest BCUT2D eigenvalue weighted by Crippen LogP contribution is -2.33. The fourth-order valence-corrected chi connectivity index (χ4v) is 2.95. The summed E-state index contributed by atoms with van der Waals surface area (Å²) < 4.78 is 15.7. The first-order valence-electron chi connectivity index (χ1n) is 5.83. The molecule has 0 aliphatic carbocycles. The van der Waals surface area contributed by atoms with Crippen LogP contribution in [-0.4, -0.2) is 39.6 Å². The van der Waals surface area contributed by atoms with Crippen molar-refractivity contribution >= 4 is 17.4 Å². The molecular weight excluding hydrogens is 251 g/mol. The van der Waals surface area contributed by atoms with Crippen molar-refractivity contribution in [2.75, 3.05) is 29.5 Å². The van der Waals surface area contributed by atoms with Crippen LogP contribution in [0.3, 0.4) is 0 Å². The van der Waals surface area contributed by atoms with Crippen molar-refractivity contribution in [1.29, 1.82) is 0 Å². The van der Waals surface area contributed by atoms with Gasteiger partial charge in [0.2, 0.25) is 0 Å². The molecule has 4 nitrogen and oxygen atoms in total. The van der Waals surface area contributed by atoms with E-state index in [1.165, 1.54) is 6.07 Å². The third-order valence-corrected chi connectivity index (χ3v) is 3.91. The Morgan fingerprint density at radius 3 is 2.72 bits per heavy atom. The Kier molecular flexibility index (Phi) is 3.19. The number of halogens is 1. The largest absolute Gasteiger partial charge is 0.368 e. The molecule has 18 heavy (non-hydrogen) atoms. The molecule has 1 aromatic heterocycles. The van der Waals surface area contributed by atoms with E-state index in [9.17, 15) is 4.39 Å². The first-order chi connectivity index (χ1) is 8.84. The van der Waals surface area contributed by atoms with Gasteiger partial charge in [0.15, 0.2) is 0 Å². The monoisotopic (exact) mass is 264 g/mol. The zero-order valence-corrected chi connectivity index (χ0v) is 10.6. The SMILES string of the molecule is Fc1cc(-n2ccnn2)ccc1N1CCSCC1. The molecule has 3 rings (SSSR count). The van der Waals surface area contributed by atoms with Crippen molar-refractivity contribution in [3.63, 3.8) is 0 Å². The minimum atomic E-state index is -0.199. The average molecular weight is 264 g/mol. The summed E-state index contributed by atoms with van der Waals surface area (Å²) in [7, 11) is 0. The van der Waals surface area contributed by atoms with Gasteiger partial charge in [0.1, 0.15) is 5.82 Å². The quantitative estimate of drug-likeness (QED) is 0.830. The van der Waals surface area contributed by atoms with Crippen LogP contribution in [-0.2, 0) is 0 Å². The van der Waals surface area contributed by atoms with Gasteiger partial charge in [-0.25, -0.2) is 9.07 Å². The molecule has 1 saturated heterocycles. The van der Waals surface area contributed by atoms with E-state index in [1.54, 1.807) is 17.1 Å². The molecule has 0 unspecified atom stereocenters. The summed E-state index contributed by atoms with van der Waals surface area (Å²) in [6.07, 6.45) is 3.28. The van der Waals surface area contributed by atoms with Crippen LogP contribution in [0.2, 0.25) is 0 Å². The van der Waals surface area contributed by atoms with Crippen LogP contribution in [0.4, 0.5) is 10.1 Å². The molecule has 1 aliphatic rings. The van der Waals surface area contributed by atoms with Crippen LogP contribution in [0, 0.1) is 5.82 Å². The molecule has 1 fully saturated rings. The number of rotatable bonds is 2. The number of hydrogen-bond donors (Lipinski definition) is 0. The topological polar surface area (TPSA) is 34.0 Å². The molecule has 0 amide bonds. The van der Waals surface area contributed by atoms with Gasteiger partial charge < -0.3 is 4.90 Å². The van der Waals surface area contributed by atoms with Gasteiger partial charge in [0.25, 0.3) is 0 Å². The highest BCUT2D eigenvalue weighted by Crippen LogP contribution is 2.24. The molecule has 0 atom stereocenters. The van der Waals surface area contributed by atoms with Gasteiger partial charge in [0.05, 0.1) is 23.8 Å². The van der Waals surface area contributed by atoms with Gasteiger partial charge in [-0.05, 0) is 12.1 Å². The molecule has 0 spiro atoms. The number of hydrogen-bond acceptors (Lipinski definition) is 4. The van der Waals surface area contributed by atoms with Crippen LogP contribution in [0.25, 0.3) is 5.69 Å². The number of thioether (sulfide) groups is 1. The Morgan fingerprint density at radius 1 is 1.22 bits per heavy atom. The number of nitrogens with zero attached hydrogens (tertiary/aromatic N) is 4. The lowest BCUT2D eigenvalue weighted by atomic mass is 10.2. The van der Waals surface area contributed by atoms with Crippen molar-refractivity contribution in [3.8, 4) is 5.69 Å². The number of aromatic nitrogens is 3. The summed E-state index contributed by atoms with van der Waals surface area (Å²) in [4.78, 5) is 2.09. The lowest BCUT2D eigenvalue weighted by Gasteiger charge is -2.28. The minimum Gasteiger partial charge on any atom is -0.368 e. The summed E-state index contributed by atoms with van der Waals surface area (Å²) in [6, 6.07) is 5.20. The highest BCUT2D eigenvalue weighted by atomic mass is 32.2. The second-order valence-electron chi connectivity index (χ2n) is 4.08. The van der Waals surface area contributed by atoms with Gasteiger partial charge in [-0.3, -0.25) is 0 Å². The third-order valence-electron chi connectivity index (χ3n) is 2.97. The molecule has 0 saturated carbocycles. The van der Waals surface area contributed by atoms with E-state index >= 15 is 0 Å². The van der Waals surface area contributed by atoms with E-state index in [0.29, 0.717) is 11.4 Å². The van der Waals surface area contributed by atoms with Crippen LogP contribution in [0.5, 0.6) is 0 Å². The first kappa shape index (κ1) is 11.5. The second-order valence-corrected chi connectivity index (χ2v) is 5.31. The first-order valence-corrected chi connectivity index (χ1v) is 6.99. The highest BCUT2D eigenvalue weighted by molar-refractivity contribution is 7.99. The molecule has 2 heterocycles. The van der Waals surface area contributed by atoms with Gasteiger partial charge in [-0.2, -0.15) is 11.8 Å². The predicted molar refractivity (Wildman–Crippen MR) is 70.9 cm³/mol. The fraction of sp³-hybridized carbons (Fsp3) is 0.333. The summed E-state index contributed by atoms with van der Waals surface area (Å²) in [5, 5.41) is 7.57. The molecule has 94 valence electrons. The molecule has 1 aromatic carbocycles. The fourth-order valence-electron chi connectivity index (χ4n) is 2.04. The molecular formula is C12H13FN4S. The second kappa shape index (κ2) is 4.97. The van der Waals surface area contributed by atoms with E-state index in [4.69, 9.17) is 0 Å². The van der Waals surface area contributed by atoms with Crippen LogP contribution in [0.15, 0.2) is 30.6 Å². The minimum absolute atomic E-state index is 0.199. The molecule has 2 aromatic rings. The third kappa shape index (κ3) is 2.20. The zero-order chi connectivity index (χ0) is 12.4. The van der Waals surface area contributed by atoms with Gasteiger partial charge in [0, 0.05) is 30.7 Å². The maximum Gasteiger partial charge on any atom is 0.148 e. The summed E-state index contributed by atoms with van der Waals surface area (Å²) in [5.41, 5.74) is 1.37. The van der Waals surface area contributed by atoms with Crippen molar-refractivity contribution in [2.24, 2.45) is 0 Å². The molecule has 0 radical (unpaired) electrons. The van der Waals surface area contributed by atoms with E-state index in [1.807, 2.05) is 23.9 Å². The van der Waals surface area contributed by atoms with Gasteiger partial charge in [-0.1, -0.05) is 5.21 Å². The zero-order valence-electron chi connectivity index (χ0n) is 9.79. The highest BCUT2D eigenvalue weighted by Gasteiger charge is 2.15. The number of benzene rings is 1. The number of anilines is 1. The van der Waals surface area contributed by atoms with Crippen LogP contribution >= 0.6 is 11.8 Å². The maximum absolute atomic E-state index is 14.1. The van der Waals surface area contributed by atoms with Crippen molar-refractivity contribution in [1.82, 2.24) is 15.0 Å². The average Bonchev–Trinajstić information content (AvgIpc) is 2.93. The van der Waals surface area contributed by atoms with E-state index in [0.717, 1.165) is 24.6 Å². The maximum atomic E-state index is 14.1. The summed E-state index contributed by atoms with van der Waals surface area (Å²) in [5.74, 6) is 1.92. The Balaban J connectivity index is 1.89. The normalized spacial score (nSPS) is 15.9. The predicted octanol–water partition coefficient (Wildman–Crippen LogP) is 1.96. The smallest absolute Gasteiger partial charge is 0.148 e. The Hall–Kier alpha value is -1.56. The van der Waals surface area contributed by atoms with Crippen LogP contribution < -0.4 is 4.90 Å². The molecule has 1 aliphatic heterocycles. The van der Waals surface area contributed by atoms with Gasteiger partial charge in [-0.15, -0.1) is 5.10 Å². The van der Waals surface area contributed by atoms with E-state index in [2.05, 4.69) is 15.2 Å². The van der Waals surface area contributed by atoms with E-state index < -0.39 is 0 Å². The van der Waals surface area contributed by atoms with Crippen LogP contribution in [0.1, 0.15) is 0 Å². The Labute approximate surface area is 109 Å². The van der Waals surface area contributed by atoms with Crippen molar-refractivity contribution in [2.45, 2.75) is 0 Å². The Bertz CT molecular complexity index is 523. The lowest BCUT2D eigenvalue weighted by molar-refractivity contribution is 0.617. The summed E-state index contributed by atoms with van der Waals surface area (Å²) >= 11 is 1.91. The van der Waals surface area contributed by atoms with E-state index in [-0.39, 0.29) is 5.82 Å². The standard InChI is InChI=1S/C12H13FN4S/c13-11-9-10(17-4-3-14-15-17)1-2-12(11)16-5-7-18-8-6-16/h1-4,9H,5-8H2. The summed E-state index contributed by atoms with van der Waals surface area (Å²) in [6.45, 7) is 1.81. The molecule has 0 N–H and O–H groups in total.